The molecule has 0 aliphatic heterocycles. The van der Waals surface area contributed by atoms with E-state index in [1.54, 1.807) is 0 Å². The first-order valence-electron chi connectivity index (χ1n) is 4.80. The molecule has 86 valence electrons. The maximum Gasteiger partial charge on any atom is 0.307 e. The van der Waals surface area contributed by atoms with Gasteiger partial charge in [0.25, 0.3) is 0 Å². The summed E-state index contributed by atoms with van der Waals surface area (Å²) in [5, 5.41) is 8.76. The zero-order valence-electron chi connectivity index (χ0n) is 8.54. The van der Waals surface area contributed by atoms with Crippen LogP contribution in [-0.4, -0.2) is 18.2 Å². The third-order valence-corrected chi connectivity index (χ3v) is 2.78. The fourth-order valence-electron chi connectivity index (χ4n) is 1.82. The third kappa shape index (κ3) is 1.73. The molecular formula is C11H10F2O3. The van der Waals surface area contributed by atoms with Crippen LogP contribution in [0.1, 0.15) is 17.9 Å². The van der Waals surface area contributed by atoms with Crippen LogP contribution in [0.4, 0.5) is 8.78 Å². The maximum absolute atomic E-state index is 13.0. The average Bonchev–Trinajstić information content (AvgIpc) is 3.01. The van der Waals surface area contributed by atoms with E-state index in [9.17, 15) is 13.6 Å². The third-order valence-electron chi connectivity index (χ3n) is 2.78. The van der Waals surface area contributed by atoms with E-state index >= 15 is 0 Å². The Morgan fingerprint density at radius 2 is 2.06 bits per heavy atom. The van der Waals surface area contributed by atoms with Gasteiger partial charge in [0.15, 0.2) is 11.6 Å². The smallest absolute Gasteiger partial charge is 0.307 e. The maximum atomic E-state index is 13.0. The molecule has 1 aliphatic carbocycles. The van der Waals surface area contributed by atoms with Crippen molar-refractivity contribution >= 4 is 5.97 Å². The van der Waals surface area contributed by atoms with Crippen LogP contribution in [-0.2, 0) is 4.79 Å². The molecule has 1 aromatic carbocycles. The summed E-state index contributed by atoms with van der Waals surface area (Å²) < 4.78 is 30.9. The van der Waals surface area contributed by atoms with Crippen LogP contribution in [0.15, 0.2) is 12.1 Å². The fraction of sp³-hybridized carbons (Fsp3) is 0.364. The zero-order valence-corrected chi connectivity index (χ0v) is 8.54. The van der Waals surface area contributed by atoms with Crippen LogP contribution >= 0.6 is 0 Å². The summed E-state index contributed by atoms with van der Waals surface area (Å²) in [6.45, 7) is 0. The highest BCUT2D eigenvalue weighted by molar-refractivity contribution is 5.75. The molecule has 0 bridgehead atoms. The van der Waals surface area contributed by atoms with Crippen molar-refractivity contribution in [2.75, 3.05) is 7.11 Å². The molecule has 1 aromatic rings. The summed E-state index contributed by atoms with van der Waals surface area (Å²) in [7, 11) is 1.34. The van der Waals surface area contributed by atoms with Crippen molar-refractivity contribution in [1.82, 2.24) is 0 Å². The molecule has 0 heterocycles. The van der Waals surface area contributed by atoms with E-state index in [2.05, 4.69) is 0 Å². The average molecular weight is 228 g/mol. The van der Waals surface area contributed by atoms with Gasteiger partial charge in [0.05, 0.1) is 13.0 Å². The Kier molecular flexibility index (Phi) is 2.53. The number of carboxylic acids is 1. The first-order chi connectivity index (χ1) is 7.54. The second kappa shape index (κ2) is 3.73. The van der Waals surface area contributed by atoms with Crippen LogP contribution < -0.4 is 4.74 Å². The Hall–Kier alpha value is -1.65. The van der Waals surface area contributed by atoms with Crippen LogP contribution in [0.5, 0.6) is 5.75 Å². The number of rotatable bonds is 3. The van der Waals surface area contributed by atoms with E-state index in [-0.39, 0.29) is 11.7 Å². The topological polar surface area (TPSA) is 46.5 Å². The van der Waals surface area contributed by atoms with Gasteiger partial charge in [-0.1, -0.05) is 0 Å². The van der Waals surface area contributed by atoms with Gasteiger partial charge in [-0.25, -0.2) is 8.78 Å². The van der Waals surface area contributed by atoms with E-state index in [1.165, 1.54) is 7.11 Å². The summed E-state index contributed by atoms with van der Waals surface area (Å²) in [6, 6.07) is 1.96. The molecule has 0 aromatic heterocycles. The predicted octanol–water partition coefficient (Wildman–Crippen LogP) is 2.16. The lowest BCUT2D eigenvalue weighted by atomic mass is 10.1. The number of hydrogen-bond acceptors (Lipinski definition) is 2. The minimum atomic E-state index is -0.992. The van der Waals surface area contributed by atoms with Crippen LogP contribution in [0.2, 0.25) is 0 Å². The summed E-state index contributed by atoms with van der Waals surface area (Å²) >= 11 is 0. The molecule has 1 N–H and O–H groups in total. The normalized spacial score (nSPS) is 22.9. The molecule has 1 fully saturated rings. The Bertz CT molecular complexity index is 445. The number of benzene rings is 1. The molecule has 2 atom stereocenters. The number of carboxylic acid groups (broad SMARTS) is 1. The lowest BCUT2D eigenvalue weighted by Crippen LogP contribution is -2.01. The second-order valence-electron chi connectivity index (χ2n) is 3.80. The largest absolute Gasteiger partial charge is 0.496 e. The van der Waals surface area contributed by atoms with Crippen LogP contribution in [0.25, 0.3) is 0 Å². The predicted molar refractivity (Wildman–Crippen MR) is 51.4 cm³/mol. The van der Waals surface area contributed by atoms with Gasteiger partial charge in [-0.3, -0.25) is 4.79 Å². The summed E-state index contributed by atoms with van der Waals surface area (Å²) in [5.74, 6) is -3.48. The van der Waals surface area contributed by atoms with Crippen molar-refractivity contribution in [2.24, 2.45) is 5.92 Å². The van der Waals surface area contributed by atoms with Gasteiger partial charge in [-0.05, 0) is 12.5 Å². The van der Waals surface area contributed by atoms with Gasteiger partial charge >= 0.3 is 5.97 Å². The van der Waals surface area contributed by atoms with E-state index < -0.39 is 23.5 Å². The molecular weight excluding hydrogens is 218 g/mol. The molecule has 1 aliphatic rings. The number of methoxy groups -OCH3 is 1. The molecule has 5 heteroatoms. The number of aliphatic carboxylic acids is 1. The molecule has 1 saturated carbocycles. The first-order valence-corrected chi connectivity index (χ1v) is 4.80. The molecule has 0 saturated heterocycles. The summed E-state index contributed by atoms with van der Waals surface area (Å²) in [5.41, 5.74) is 0.425. The Morgan fingerprint density at radius 1 is 1.44 bits per heavy atom. The molecule has 16 heavy (non-hydrogen) atoms. The van der Waals surface area contributed by atoms with Gasteiger partial charge in [0, 0.05) is 17.5 Å². The molecule has 2 rings (SSSR count). The fourth-order valence-corrected chi connectivity index (χ4v) is 1.82. The lowest BCUT2D eigenvalue weighted by Gasteiger charge is -2.08. The minimum absolute atomic E-state index is 0.202. The molecule has 3 nitrogen and oxygen atoms in total. The van der Waals surface area contributed by atoms with Crippen molar-refractivity contribution in [3.05, 3.63) is 29.3 Å². The van der Waals surface area contributed by atoms with Crippen molar-refractivity contribution < 1.29 is 23.4 Å². The number of ether oxygens (including phenoxy) is 1. The van der Waals surface area contributed by atoms with Gasteiger partial charge in [-0.2, -0.15) is 0 Å². The second-order valence-corrected chi connectivity index (χ2v) is 3.80. The summed E-state index contributed by atoms with van der Waals surface area (Å²) in [6.07, 6.45) is 0.441. The van der Waals surface area contributed by atoms with Gasteiger partial charge in [-0.15, -0.1) is 0 Å². The monoisotopic (exact) mass is 228 g/mol. The Labute approximate surface area is 90.7 Å². The quantitative estimate of drug-likeness (QED) is 0.862. The molecule has 0 radical (unpaired) electrons. The van der Waals surface area contributed by atoms with Gasteiger partial charge in [0.1, 0.15) is 5.75 Å². The van der Waals surface area contributed by atoms with E-state index in [0.717, 1.165) is 12.1 Å². The molecule has 0 spiro atoms. The Morgan fingerprint density at radius 3 is 2.56 bits per heavy atom. The van der Waals surface area contributed by atoms with E-state index in [1.807, 2.05) is 0 Å². The van der Waals surface area contributed by atoms with E-state index in [0.29, 0.717) is 12.0 Å². The van der Waals surface area contributed by atoms with Crippen molar-refractivity contribution in [3.63, 3.8) is 0 Å². The van der Waals surface area contributed by atoms with Crippen molar-refractivity contribution in [2.45, 2.75) is 12.3 Å². The van der Waals surface area contributed by atoms with E-state index in [4.69, 9.17) is 9.84 Å². The summed E-state index contributed by atoms with van der Waals surface area (Å²) in [4.78, 5) is 10.7. The van der Waals surface area contributed by atoms with Crippen LogP contribution in [0, 0.1) is 17.6 Å². The lowest BCUT2D eigenvalue weighted by molar-refractivity contribution is -0.138. The Balaban J connectivity index is 2.34. The van der Waals surface area contributed by atoms with Gasteiger partial charge in [0.2, 0.25) is 0 Å². The SMILES string of the molecule is COc1cc(F)c(F)cc1C1CC1C(=O)O. The van der Waals surface area contributed by atoms with Crippen molar-refractivity contribution in [1.29, 1.82) is 0 Å². The number of carbonyl (C=O) groups is 1. The highest BCUT2D eigenvalue weighted by Crippen LogP contribution is 2.50. The zero-order chi connectivity index (χ0) is 11.9. The number of hydrogen-bond donors (Lipinski definition) is 1. The standard InChI is InChI=1S/C11H10F2O3/c1-16-10-4-9(13)8(12)3-6(10)5-2-7(5)11(14)15/h3-5,7H,2H2,1H3,(H,14,15). The van der Waals surface area contributed by atoms with Crippen LogP contribution in [0.3, 0.4) is 0 Å². The molecule has 2 unspecified atom stereocenters. The number of halogens is 2. The first kappa shape index (κ1) is 10.9. The molecule has 0 amide bonds. The highest BCUT2D eigenvalue weighted by atomic mass is 19.2. The van der Waals surface area contributed by atoms with Gasteiger partial charge < -0.3 is 9.84 Å². The van der Waals surface area contributed by atoms with Crippen molar-refractivity contribution in [3.8, 4) is 5.75 Å². The highest BCUT2D eigenvalue weighted by Gasteiger charge is 2.45. The minimum Gasteiger partial charge on any atom is -0.496 e.